The first-order chi connectivity index (χ1) is 11.7. The number of guanidine groups is 1. The molecule has 0 spiro atoms. The zero-order valence-electron chi connectivity index (χ0n) is 14.7. The normalized spacial score (nSPS) is 15.2. The molecule has 0 amide bonds. The number of nitrogens with one attached hydrogen (secondary N) is 1. The maximum atomic E-state index is 4.58. The number of aryl methyl sites for hydroxylation is 2. The first kappa shape index (κ1) is 20.3. The maximum absolute atomic E-state index is 4.58. The van der Waals surface area contributed by atoms with E-state index >= 15 is 0 Å². The van der Waals surface area contributed by atoms with E-state index < -0.39 is 0 Å². The highest BCUT2D eigenvalue weighted by Gasteiger charge is 2.22. The van der Waals surface area contributed by atoms with Crippen LogP contribution in [-0.4, -0.2) is 58.4 Å². The second-order valence-corrected chi connectivity index (χ2v) is 7.62. The predicted molar refractivity (Wildman–Crippen MR) is 116 cm³/mol. The summed E-state index contributed by atoms with van der Waals surface area (Å²) in [5, 5.41) is 5.57. The number of aliphatic imine (C=N–C) groups is 1. The molecule has 1 saturated heterocycles. The van der Waals surface area contributed by atoms with Gasteiger partial charge in [-0.3, -0.25) is 4.99 Å². The summed E-state index contributed by atoms with van der Waals surface area (Å²) >= 11 is 3.22. The zero-order valence-corrected chi connectivity index (χ0v) is 18.7. The van der Waals surface area contributed by atoms with Gasteiger partial charge in [0, 0.05) is 62.3 Å². The van der Waals surface area contributed by atoms with Crippen LogP contribution in [0, 0.1) is 6.92 Å². The number of rotatable bonds is 4. The number of nitrogens with zero attached hydrogens (tertiary/aromatic N) is 6. The molecule has 138 valence electrons. The van der Waals surface area contributed by atoms with Gasteiger partial charge in [0.05, 0.1) is 11.6 Å². The van der Waals surface area contributed by atoms with E-state index in [4.69, 9.17) is 0 Å². The largest absolute Gasteiger partial charge is 0.351 e. The predicted octanol–water partition coefficient (Wildman–Crippen LogP) is 2.38. The lowest BCUT2D eigenvalue weighted by molar-refractivity contribution is 0.372. The van der Waals surface area contributed by atoms with Crippen LogP contribution in [0.2, 0.25) is 0 Å². The van der Waals surface area contributed by atoms with Crippen molar-refractivity contribution in [1.82, 2.24) is 24.6 Å². The molecule has 1 N–H and O–H groups in total. The van der Waals surface area contributed by atoms with Crippen molar-refractivity contribution < 1.29 is 0 Å². The van der Waals surface area contributed by atoms with E-state index in [9.17, 15) is 0 Å². The van der Waals surface area contributed by atoms with Gasteiger partial charge < -0.3 is 15.1 Å². The molecule has 0 saturated carbocycles. The van der Waals surface area contributed by atoms with Gasteiger partial charge in [0.1, 0.15) is 5.82 Å². The van der Waals surface area contributed by atoms with Gasteiger partial charge in [-0.2, -0.15) is 4.37 Å². The summed E-state index contributed by atoms with van der Waals surface area (Å²) in [5.74, 6) is 1.89. The minimum absolute atomic E-state index is 0. The van der Waals surface area contributed by atoms with Crippen LogP contribution < -0.4 is 10.2 Å². The molecule has 0 radical (unpaired) electrons. The number of piperazine rings is 1. The summed E-state index contributed by atoms with van der Waals surface area (Å²) in [7, 11) is 1.84. The Labute approximate surface area is 173 Å². The number of hydrogen-bond acceptors (Lipinski definition) is 7. The molecule has 0 aliphatic carbocycles. The molecular weight excluding hydrogens is 469 g/mol. The van der Waals surface area contributed by atoms with Gasteiger partial charge in [-0.25, -0.2) is 9.97 Å². The molecule has 10 heteroatoms. The van der Waals surface area contributed by atoms with Gasteiger partial charge in [0.2, 0.25) is 5.13 Å². The Hall–Kier alpha value is -1.01. The highest BCUT2D eigenvalue weighted by atomic mass is 127. The van der Waals surface area contributed by atoms with Crippen LogP contribution in [0.25, 0.3) is 0 Å². The Bertz CT molecular complexity index is 692. The number of hydrogen-bond donors (Lipinski definition) is 1. The molecule has 3 heterocycles. The molecule has 1 aliphatic rings. The van der Waals surface area contributed by atoms with Crippen LogP contribution in [0.5, 0.6) is 0 Å². The van der Waals surface area contributed by atoms with Crippen molar-refractivity contribution in [2.24, 2.45) is 4.99 Å². The highest BCUT2D eigenvalue weighted by Crippen LogP contribution is 2.19. The van der Waals surface area contributed by atoms with E-state index in [1.165, 1.54) is 16.4 Å². The molecule has 1 aliphatic heterocycles. The number of thiazole rings is 1. The zero-order chi connectivity index (χ0) is 16.9. The van der Waals surface area contributed by atoms with Gasteiger partial charge >= 0.3 is 0 Å². The molecule has 2 aromatic rings. The lowest BCUT2D eigenvalue weighted by atomic mass is 10.3. The third-order valence-electron chi connectivity index (χ3n) is 3.93. The summed E-state index contributed by atoms with van der Waals surface area (Å²) in [4.78, 5) is 19.1. The molecule has 0 bridgehead atoms. The standard InChI is InChI=1S/C15H23N7S2.HI/c1-4-13-19-15(24-20-13)22-7-5-21(6-8-22)14(16-3)18-10-12-9-17-11(2)23-12;/h9H,4-8,10H2,1-3H3,(H,16,18);1H. The van der Waals surface area contributed by atoms with Crippen molar-refractivity contribution in [3.05, 3.63) is 21.9 Å². The minimum Gasteiger partial charge on any atom is -0.351 e. The molecule has 25 heavy (non-hydrogen) atoms. The highest BCUT2D eigenvalue weighted by molar-refractivity contribution is 14.0. The van der Waals surface area contributed by atoms with E-state index in [0.29, 0.717) is 0 Å². The first-order valence-corrected chi connectivity index (χ1v) is 9.73. The average Bonchev–Trinajstić information content (AvgIpc) is 3.25. The molecule has 7 nitrogen and oxygen atoms in total. The lowest BCUT2D eigenvalue weighted by Crippen LogP contribution is -2.52. The van der Waals surface area contributed by atoms with E-state index in [2.05, 4.69) is 41.4 Å². The molecule has 0 unspecified atom stereocenters. The number of aromatic nitrogens is 3. The molecule has 2 aromatic heterocycles. The van der Waals surface area contributed by atoms with Gasteiger partial charge in [0.15, 0.2) is 5.96 Å². The third-order valence-corrected chi connectivity index (χ3v) is 5.65. The summed E-state index contributed by atoms with van der Waals surface area (Å²) in [6.45, 7) is 8.64. The quantitative estimate of drug-likeness (QED) is 0.401. The number of halogens is 1. The van der Waals surface area contributed by atoms with Crippen molar-refractivity contribution in [2.75, 3.05) is 38.1 Å². The smallest absolute Gasteiger partial charge is 0.205 e. The fourth-order valence-electron chi connectivity index (χ4n) is 2.61. The topological polar surface area (TPSA) is 69.5 Å². The number of anilines is 1. The second-order valence-electron chi connectivity index (χ2n) is 5.57. The van der Waals surface area contributed by atoms with E-state index in [1.807, 2.05) is 20.2 Å². The Morgan fingerprint density at radius 2 is 2.08 bits per heavy atom. The lowest BCUT2D eigenvalue weighted by Gasteiger charge is -2.36. The van der Waals surface area contributed by atoms with Gasteiger partial charge in [-0.15, -0.1) is 35.3 Å². The van der Waals surface area contributed by atoms with Gasteiger partial charge in [-0.05, 0) is 6.92 Å². The molecule has 3 rings (SSSR count). The summed E-state index contributed by atoms with van der Waals surface area (Å²) in [6.07, 6.45) is 2.82. The Kier molecular flexibility index (Phi) is 7.81. The summed E-state index contributed by atoms with van der Waals surface area (Å²) in [5.41, 5.74) is 0. The fourth-order valence-corrected chi connectivity index (χ4v) is 4.15. The molecular formula is C15H24IN7S2. The average molecular weight is 493 g/mol. The monoisotopic (exact) mass is 493 g/mol. The third kappa shape index (κ3) is 5.23. The second kappa shape index (κ2) is 9.62. The van der Waals surface area contributed by atoms with Crippen LogP contribution in [0.15, 0.2) is 11.2 Å². The molecule has 0 atom stereocenters. The van der Waals surface area contributed by atoms with Crippen molar-refractivity contribution in [1.29, 1.82) is 0 Å². The van der Waals surface area contributed by atoms with Crippen LogP contribution in [-0.2, 0) is 13.0 Å². The van der Waals surface area contributed by atoms with E-state index in [0.717, 1.165) is 61.1 Å². The van der Waals surface area contributed by atoms with Crippen molar-refractivity contribution in [3.8, 4) is 0 Å². The Balaban J connectivity index is 0.00000225. The Morgan fingerprint density at radius 3 is 2.64 bits per heavy atom. The Morgan fingerprint density at radius 1 is 1.32 bits per heavy atom. The van der Waals surface area contributed by atoms with E-state index in [1.54, 1.807) is 11.3 Å². The summed E-state index contributed by atoms with van der Waals surface area (Å²) < 4.78 is 4.38. The first-order valence-electron chi connectivity index (χ1n) is 8.14. The van der Waals surface area contributed by atoms with E-state index in [-0.39, 0.29) is 24.0 Å². The van der Waals surface area contributed by atoms with Crippen molar-refractivity contribution in [2.45, 2.75) is 26.8 Å². The maximum Gasteiger partial charge on any atom is 0.205 e. The van der Waals surface area contributed by atoms with Crippen LogP contribution in [0.1, 0.15) is 22.6 Å². The van der Waals surface area contributed by atoms with Crippen LogP contribution in [0.4, 0.5) is 5.13 Å². The summed E-state index contributed by atoms with van der Waals surface area (Å²) in [6, 6.07) is 0. The molecule has 1 fully saturated rings. The van der Waals surface area contributed by atoms with Gasteiger partial charge in [-0.1, -0.05) is 6.92 Å². The van der Waals surface area contributed by atoms with Crippen LogP contribution >= 0.6 is 46.8 Å². The SMILES string of the molecule is CCc1nsc(N2CCN(C(=NC)NCc3cnc(C)s3)CC2)n1.I. The fraction of sp³-hybridized carbons (Fsp3) is 0.600. The van der Waals surface area contributed by atoms with Crippen molar-refractivity contribution in [3.63, 3.8) is 0 Å². The van der Waals surface area contributed by atoms with Gasteiger partial charge in [0.25, 0.3) is 0 Å². The minimum atomic E-state index is 0. The van der Waals surface area contributed by atoms with Crippen LogP contribution in [0.3, 0.4) is 0 Å². The molecule has 0 aromatic carbocycles. The van der Waals surface area contributed by atoms with Crippen molar-refractivity contribution >= 4 is 57.9 Å².